The van der Waals surface area contributed by atoms with Gasteiger partial charge in [0, 0.05) is 12.7 Å². The Morgan fingerprint density at radius 2 is 2.12 bits per heavy atom. The molecule has 6 nitrogen and oxygen atoms in total. The van der Waals surface area contributed by atoms with Crippen molar-refractivity contribution in [3.63, 3.8) is 0 Å². The van der Waals surface area contributed by atoms with Gasteiger partial charge in [-0.3, -0.25) is 0 Å². The molecule has 0 aliphatic rings. The van der Waals surface area contributed by atoms with Gasteiger partial charge in [-0.1, -0.05) is 26.0 Å². The van der Waals surface area contributed by atoms with E-state index in [9.17, 15) is 0 Å². The molecular formula is C17H26IN5O. The molecule has 0 saturated heterocycles. The number of nitrogens with one attached hydrogen (secondary N) is 1. The van der Waals surface area contributed by atoms with Gasteiger partial charge in [0.2, 0.25) is 5.88 Å². The highest BCUT2D eigenvalue weighted by atomic mass is 127. The molecular weight excluding hydrogens is 417 g/mol. The van der Waals surface area contributed by atoms with Crippen LogP contribution in [0, 0.1) is 6.92 Å². The Hall–Kier alpha value is -1.77. The maximum absolute atomic E-state index is 6.00. The lowest BCUT2D eigenvalue weighted by Gasteiger charge is -2.10. The van der Waals surface area contributed by atoms with Crippen LogP contribution in [0.4, 0.5) is 5.69 Å². The number of ether oxygens (including phenoxy) is 1. The zero-order valence-corrected chi connectivity index (χ0v) is 17.2. The summed E-state index contributed by atoms with van der Waals surface area (Å²) >= 11 is 0. The zero-order valence-electron chi connectivity index (χ0n) is 14.8. The largest absolute Gasteiger partial charge is 0.481 e. The quantitative estimate of drug-likeness (QED) is 0.422. The van der Waals surface area contributed by atoms with Gasteiger partial charge in [-0.05, 0) is 30.5 Å². The summed E-state index contributed by atoms with van der Waals surface area (Å²) < 4.78 is 7.06. The second-order valence-electron chi connectivity index (χ2n) is 5.80. The van der Waals surface area contributed by atoms with Crippen LogP contribution in [-0.2, 0) is 13.6 Å². The highest BCUT2D eigenvalue weighted by Crippen LogP contribution is 2.22. The Balaban J connectivity index is 0.00000288. The topological polar surface area (TPSA) is 77.5 Å². The number of methoxy groups -OCH3 is 1. The predicted molar refractivity (Wildman–Crippen MR) is 109 cm³/mol. The van der Waals surface area contributed by atoms with Gasteiger partial charge in [0.25, 0.3) is 0 Å². The van der Waals surface area contributed by atoms with E-state index in [0.29, 0.717) is 24.3 Å². The third-order valence-corrected chi connectivity index (χ3v) is 3.72. The summed E-state index contributed by atoms with van der Waals surface area (Å²) in [7, 11) is 3.47. The van der Waals surface area contributed by atoms with Gasteiger partial charge >= 0.3 is 0 Å². The van der Waals surface area contributed by atoms with Gasteiger partial charge in [-0.15, -0.1) is 24.0 Å². The lowest BCUT2D eigenvalue weighted by Crippen LogP contribution is -2.22. The molecule has 3 N–H and O–H groups in total. The Morgan fingerprint density at radius 3 is 2.75 bits per heavy atom. The van der Waals surface area contributed by atoms with E-state index in [4.69, 9.17) is 10.5 Å². The van der Waals surface area contributed by atoms with Gasteiger partial charge in [-0.2, -0.15) is 5.10 Å². The minimum Gasteiger partial charge on any atom is -0.481 e. The molecule has 2 aromatic rings. The molecule has 0 aliphatic carbocycles. The van der Waals surface area contributed by atoms with Crippen molar-refractivity contribution in [2.45, 2.75) is 33.2 Å². The van der Waals surface area contributed by atoms with Crippen molar-refractivity contribution in [2.75, 3.05) is 12.4 Å². The zero-order chi connectivity index (χ0) is 17.0. The number of hydrogen-bond donors (Lipinski definition) is 2. The minimum atomic E-state index is 0. The summed E-state index contributed by atoms with van der Waals surface area (Å²) in [6.07, 6.45) is 0. The highest BCUT2D eigenvalue weighted by molar-refractivity contribution is 14.0. The Labute approximate surface area is 160 Å². The molecule has 0 radical (unpaired) electrons. The third-order valence-electron chi connectivity index (χ3n) is 3.72. The fraction of sp³-hybridized carbons (Fsp3) is 0.412. The monoisotopic (exact) mass is 443 g/mol. The lowest BCUT2D eigenvalue weighted by molar-refractivity contribution is 0.369. The molecule has 0 spiro atoms. The number of aromatic nitrogens is 2. The second kappa shape index (κ2) is 8.91. The maximum Gasteiger partial charge on any atom is 0.216 e. The van der Waals surface area contributed by atoms with Crippen LogP contribution >= 0.6 is 24.0 Å². The van der Waals surface area contributed by atoms with E-state index in [1.54, 1.807) is 11.8 Å². The van der Waals surface area contributed by atoms with E-state index in [0.717, 1.165) is 16.9 Å². The van der Waals surface area contributed by atoms with E-state index < -0.39 is 0 Å². The minimum absolute atomic E-state index is 0. The molecule has 24 heavy (non-hydrogen) atoms. The van der Waals surface area contributed by atoms with E-state index >= 15 is 0 Å². The summed E-state index contributed by atoms with van der Waals surface area (Å²) in [4.78, 5) is 4.40. The summed E-state index contributed by atoms with van der Waals surface area (Å²) in [6, 6.07) is 8.18. The average Bonchev–Trinajstić information content (AvgIpc) is 2.78. The average molecular weight is 443 g/mol. The number of anilines is 1. The first-order chi connectivity index (χ1) is 10.9. The van der Waals surface area contributed by atoms with Crippen molar-refractivity contribution < 1.29 is 4.74 Å². The van der Waals surface area contributed by atoms with Crippen LogP contribution in [0.15, 0.2) is 29.3 Å². The Morgan fingerprint density at radius 1 is 1.42 bits per heavy atom. The first kappa shape index (κ1) is 20.3. The molecule has 1 aromatic carbocycles. The first-order valence-corrected chi connectivity index (χ1v) is 7.65. The number of nitrogens with zero attached hydrogens (tertiary/aromatic N) is 3. The van der Waals surface area contributed by atoms with Crippen molar-refractivity contribution in [3.8, 4) is 5.88 Å². The molecule has 0 aliphatic heterocycles. The molecule has 0 fully saturated rings. The van der Waals surface area contributed by atoms with Crippen molar-refractivity contribution in [2.24, 2.45) is 17.8 Å². The van der Waals surface area contributed by atoms with Crippen LogP contribution < -0.4 is 15.8 Å². The Bertz CT molecular complexity index is 709. The van der Waals surface area contributed by atoms with Crippen molar-refractivity contribution >= 4 is 35.6 Å². The highest BCUT2D eigenvalue weighted by Gasteiger charge is 2.13. The standard InChI is InChI=1S/C17H25N5O.HI/c1-11(2)13-7-6-8-14(9-13)20-17(18)19-10-15-12(3)21-22(4)16(15)23-5;/h6-9,11H,10H2,1-5H3,(H3,18,19,20);1H. The van der Waals surface area contributed by atoms with Crippen molar-refractivity contribution in [3.05, 3.63) is 41.1 Å². The van der Waals surface area contributed by atoms with Crippen LogP contribution in [-0.4, -0.2) is 22.8 Å². The molecule has 0 amide bonds. The Kier molecular flexibility index (Phi) is 7.53. The molecule has 2 rings (SSSR count). The number of hydrogen-bond acceptors (Lipinski definition) is 3. The van der Waals surface area contributed by atoms with Crippen LogP contribution in [0.5, 0.6) is 5.88 Å². The summed E-state index contributed by atoms with van der Waals surface area (Å²) in [6.45, 7) is 6.68. The molecule has 1 aromatic heterocycles. The SMILES string of the molecule is COc1c(CN=C(N)Nc2cccc(C(C)C)c2)c(C)nn1C.I. The molecule has 0 atom stereocenters. The molecule has 0 bridgehead atoms. The van der Waals surface area contributed by atoms with E-state index in [1.807, 2.05) is 26.1 Å². The fourth-order valence-corrected chi connectivity index (χ4v) is 2.45. The van der Waals surface area contributed by atoms with Gasteiger partial charge in [0.05, 0.1) is 24.9 Å². The smallest absolute Gasteiger partial charge is 0.216 e. The third kappa shape index (κ3) is 4.86. The van der Waals surface area contributed by atoms with Crippen LogP contribution in [0.25, 0.3) is 0 Å². The molecule has 0 unspecified atom stereocenters. The number of aliphatic imine (C=N–C) groups is 1. The number of halogens is 1. The van der Waals surface area contributed by atoms with Crippen LogP contribution in [0.1, 0.15) is 36.6 Å². The van der Waals surface area contributed by atoms with Crippen molar-refractivity contribution in [1.82, 2.24) is 9.78 Å². The molecule has 0 saturated carbocycles. The number of nitrogens with two attached hydrogens (primary N) is 1. The first-order valence-electron chi connectivity index (χ1n) is 7.65. The molecule has 7 heteroatoms. The van der Waals surface area contributed by atoms with Crippen LogP contribution in [0.2, 0.25) is 0 Å². The number of benzene rings is 1. The van der Waals surface area contributed by atoms with Crippen molar-refractivity contribution in [1.29, 1.82) is 0 Å². The molecule has 1 heterocycles. The van der Waals surface area contributed by atoms with Gasteiger partial charge in [0.15, 0.2) is 5.96 Å². The van der Waals surface area contributed by atoms with Gasteiger partial charge in [0.1, 0.15) is 0 Å². The number of rotatable bonds is 5. The fourth-order valence-electron chi connectivity index (χ4n) is 2.45. The normalized spacial score (nSPS) is 11.3. The van der Waals surface area contributed by atoms with Gasteiger partial charge < -0.3 is 15.8 Å². The predicted octanol–water partition coefficient (Wildman–Crippen LogP) is 3.41. The van der Waals surface area contributed by atoms with E-state index in [-0.39, 0.29) is 24.0 Å². The number of guanidine groups is 1. The van der Waals surface area contributed by atoms with Crippen LogP contribution in [0.3, 0.4) is 0 Å². The summed E-state index contributed by atoms with van der Waals surface area (Å²) in [5.74, 6) is 1.55. The van der Waals surface area contributed by atoms with E-state index in [1.165, 1.54) is 5.56 Å². The maximum atomic E-state index is 6.00. The van der Waals surface area contributed by atoms with Gasteiger partial charge in [-0.25, -0.2) is 9.67 Å². The lowest BCUT2D eigenvalue weighted by atomic mass is 10.0. The molecule has 132 valence electrons. The summed E-state index contributed by atoms with van der Waals surface area (Å²) in [5.41, 5.74) is 10.0. The summed E-state index contributed by atoms with van der Waals surface area (Å²) in [5, 5.41) is 7.47. The second-order valence-corrected chi connectivity index (χ2v) is 5.80. The van der Waals surface area contributed by atoms with E-state index in [2.05, 4.69) is 41.4 Å². The number of aryl methyl sites for hydroxylation is 2.